The smallest absolute Gasteiger partial charge is 0.159 e. The van der Waals surface area contributed by atoms with Crippen LogP contribution in [0.3, 0.4) is 0 Å². The summed E-state index contributed by atoms with van der Waals surface area (Å²) in [5.74, 6) is 0.844. The fourth-order valence-electron chi connectivity index (χ4n) is 8.92. The molecule has 0 radical (unpaired) electrons. The van der Waals surface area contributed by atoms with E-state index in [0.29, 0.717) is 0 Å². The lowest BCUT2D eigenvalue weighted by Gasteiger charge is -2.29. The molecular weight excluding hydrogens is 631 g/mol. The first-order valence-corrected chi connectivity index (χ1v) is 18.1. The van der Waals surface area contributed by atoms with Gasteiger partial charge >= 0.3 is 0 Å². The van der Waals surface area contributed by atoms with Crippen molar-refractivity contribution in [1.29, 1.82) is 0 Å². The number of nitrogens with zero attached hydrogens (tertiary/aromatic N) is 1. The number of benzene rings is 7. The Morgan fingerprint density at radius 1 is 0.577 bits per heavy atom. The number of allylic oxidation sites excluding steroid dienone is 2. The lowest BCUT2D eigenvalue weighted by Crippen LogP contribution is -2.16. The summed E-state index contributed by atoms with van der Waals surface area (Å²) in [6, 6.07) is 51.3. The number of fused-ring (bicyclic) bond motifs is 7. The number of rotatable bonds is 6. The maximum atomic E-state index is 6.71. The standard InChI is InChI=1S/C50H37NO/c1-5-6-24-46-31(2)34-17-12-23-45(49(34)52-46)51(44-22-13-21-43-48(44)41-16-9-10-20-42(41)50(43,3)4)33-27-25-32(26-28-33)35-29-30-40-37-15-8-7-14-36(37)39-19-11-18-38(35)47(39)40/h5-30H,1H2,2-4H3/b24-6-. The van der Waals surface area contributed by atoms with Crippen molar-refractivity contribution in [2.75, 3.05) is 4.90 Å². The van der Waals surface area contributed by atoms with Gasteiger partial charge in [-0.25, -0.2) is 0 Å². The molecule has 0 atom stereocenters. The minimum absolute atomic E-state index is 0.122. The number of anilines is 3. The monoisotopic (exact) mass is 667 g/mol. The number of furan rings is 1. The van der Waals surface area contributed by atoms with Crippen molar-refractivity contribution < 1.29 is 4.42 Å². The zero-order valence-corrected chi connectivity index (χ0v) is 29.6. The molecular formula is C50H37NO. The molecule has 1 heterocycles. The van der Waals surface area contributed by atoms with E-state index in [1.165, 1.54) is 66.4 Å². The average Bonchev–Trinajstić information content (AvgIpc) is 3.77. The Morgan fingerprint density at radius 2 is 1.19 bits per heavy atom. The zero-order valence-electron chi connectivity index (χ0n) is 29.6. The van der Waals surface area contributed by atoms with Crippen LogP contribution in [0.5, 0.6) is 0 Å². The van der Waals surface area contributed by atoms with Crippen LogP contribution >= 0.6 is 0 Å². The Kier molecular flexibility index (Phi) is 6.62. The van der Waals surface area contributed by atoms with Crippen LogP contribution in [0, 0.1) is 6.92 Å². The van der Waals surface area contributed by atoms with Crippen molar-refractivity contribution in [3.05, 3.63) is 181 Å². The molecule has 0 spiro atoms. The average molecular weight is 668 g/mol. The van der Waals surface area contributed by atoms with Crippen molar-refractivity contribution in [3.63, 3.8) is 0 Å². The van der Waals surface area contributed by atoms with Gasteiger partial charge in [0, 0.05) is 27.6 Å². The second kappa shape index (κ2) is 11.3. The van der Waals surface area contributed by atoms with Crippen LogP contribution in [0.4, 0.5) is 17.1 Å². The molecule has 0 N–H and O–H groups in total. The molecule has 1 aromatic heterocycles. The van der Waals surface area contributed by atoms with Gasteiger partial charge in [-0.15, -0.1) is 0 Å². The Balaban J connectivity index is 1.18. The predicted molar refractivity (Wildman–Crippen MR) is 220 cm³/mol. The number of para-hydroxylation sites is 1. The van der Waals surface area contributed by atoms with Crippen molar-refractivity contribution in [3.8, 4) is 44.5 Å². The maximum Gasteiger partial charge on any atom is 0.159 e. The molecule has 52 heavy (non-hydrogen) atoms. The van der Waals surface area contributed by atoms with E-state index in [9.17, 15) is 0 Å². The molecule has 0 saturated heterocycles. The first-order chi connectivity index (χ1) is 25.5. The fraction of sp³-hybridized carbons (Fsp3) is 0.0800. The van der Waals surface area contributed by atoms with Gasteiger partial charge in [-0.05, 0) is 98.1 Å². The first-order valence-electron chi connectivity index (χ1n) is 18.1. The molecule has 0 amide bonds. The first kappa shape index (κ1) is 30.4. The normalized spacial score (nSPS) is 13.4. The molecule has 0 saturated carbocycles. The van der Waals surface area contributed by atoms with E-state index in [1.54, 1.807) is 6.08 Å². The molecule has 2 aliphatic rings. The quantitative estimate of drug-likeness (QED) is 0.164. The summed E-state index contributed by atoms with van der Waals surface area (Å²) >= 11 is 0. The Bertz CT molecular complexity index is 2760. The van der Waals surface area contributed by atoms with E-state index in [2.05, 4.69) is 172 Å². The molecule has 2 nitrogen and oxygen atoms in total. The zero-order chi connectivity index (χ0) is 35.1. The SMILES string of the molecule is C=C/C=C\c1oc2c(N(c3ccc(-c4ccc5c6c(cccc46)-c4ccccc4-5)cc3)c3cccc4c3-c3ccccc3C4(C)C)cccc2c1C. The van der Waals surface area contributed by atoms with E-state index in [-0.39, 0.29) is 5.41 Å². The third-order valence-electron chi connectivity index (χ3n) is 11.4. The van der Waals surface area contributed by atoms with Crippen LogP contribution in [0.2, 0.25) is 0 Å². The van der Waals surface area contributed by atoms with E-state index in [0.717, 1.165) is 39.4 Å². The largest absolute Gasteiger partial charge is 0.454 e. The van der Waals surface area contributed by atoms with Crippen LogP contribution < -0.4 is 4.90 Å². The summed E-state index contributed by atoms with van der Waals surface area (Å²) in [4.78, 5) is 2.40. The summed E-state index contributed by atoms with van der Waals surface area (Å²) < 4.78 is 6.71. The molecule has 2 aliphatic carbocycles. The Labute approximate surface area is 304 Å². The van der Waals surface area contributed by atoms with Crippen LogP contribution in [0.15, 0.2) is 163 Å². The van der Waals surface area contributed by atoms with Crippen molar-refractivity contribution in [2.45, 2.75) is 26.2 Å². The second-order valence-electron chi connectivity index (χ2n) is 14.5. The highest BCUT2D eigenvalue weighted by atomic mass is 16.3. The molecule has 8 aromatic rings. The minimum Gasteiger partial charge on any atom is -0.454 e. The lowest BCUT2D eigenvalue weighted by atomic mass is 9.82. The van der Waals surface area contributed by atoms with E-state index in [4.69, 9.17) is 4.42 Å². The van der Waals surface area contributed by atoms with Crippen LogP contribution in [0.1, 0.15) is 36.3 Å². The Hall–Kier alpha value is -6.38. The van der Waals surface area contributed by atoms with Gasteiger partial charge in [0.2, 0.25) is 0 Å². The number of hydrogen-bond acceptors (Lipinski definition) is 2. The fourth-order valence-corrected chi connectivity index (χ4v) is 8.92. The molecule has 0 bridgehead atoms. The minimum atomic E-state index is -0.122. The molecule has 248 valence electrons. The van der Waals surface area contributed by atoms with Crippen molar-refractivity contribution in [1.82, 2.24) is 0 Å². The predicted octanol–water partition coefficient (Wildman–Crippen LogP) is 14.2. The van der Waals surface area contributed by atoms with Gasteiger partial charge in [0.25, 0.3) is 0 Å². The highest BCUT2D eigenvalue weighted by Gasteiger charge is 2.38. The number of hydrogen-bond donors (Lipinski definition) is 0. The van der Waals surface area contributed by atoms with Gasteiger partial charge in [0.15, 0.2) is 5.58 Å². The number of aryl methyl sites for hydroxylation is 1. The Morgan fingerprint density at radius 3 is 1.98 bits per heavy atom. The summed E-state index contributed by atoms with van der Waals surface area (Å²) in [6.07, 6.45) is 5.72. The van der Waals surface area contributed by atoms with E-state index in [1.807, 2.05) is 12.2 Å². The van der Waals surface area contributed by atoms with Crippen molar-refractivity contribution >= 4 is 44.9 Å². The summed E-state index contributed by atoms with van der Waals surface area (Å²) in [5, 5.41) is 3.73. The van der Waals surface area contributed by atoms with Gasteiger partial charge in [0.05, 0.1) is 11.4 Å². The molecule has 2 heteroatoms. The van der Waals surface area contributed by atoms with Crippen LogP contribution in [-0.4, -0.2) is 0 Å². The van der Waals surface area contributed by atoms with E-state index >= 15 is 0 Å². The van der Waals surface area contributed by atoms with Gasteiger partial charge in [-0.3, -0.25) is 0 Å². The highest BCUT2D eigenvalue weighted by molar-refractivity contribution is 6.18. The van der Waals surface area contributed by atoms with Gasteiger partial charge < -0.3 is 9.32 Å². The van der Waals surface area contributed by atoms with Gasteiger partial charge in [-0.1, -0.05) is 148 Å². The van der Waals surface area contributed by atoms with Gasteiger partial charge in [-0.2, -0.15) is 0 Å². The summed E-state index contributed by atoms with van der Waals surface area (Å²) in [5.41, 5.74) is 18.0. The maximum absolute atomic E-state index is 6.71. The molecule has 0 aliphatic heterocycles. The highest BCUT2D eigenvalue weighted by Crippen LogP contribution is 2.55. The topological polar surface area (TPSA) is 16.4 Å². The molecule has 10 rings (SSSR count). The third-order valence-corrected chi connectivity index (χ3v) is 11.4. The molecule has 0 unspecified atom stereocenters. The van der Waals surface area contributed by atoms with Crippen LogP contribution in [0.25, 0.3) is 72.3 Å². The lowest BCUT2D eigenvalue weighted by molar-refractivity contribution is 0.601. The van der Waals surface area contributed by atoms with Gasteiger partial charge in [0.1, 0.15) is 5.76 Å². The van der Waals surface area contributed by atoms with Crippen LogP contribution in [-0.2, 0) is 5.41 Å². The second-order valence-corrected chi connectivity index (χ2v) is 14.5. The summed E-state index contributed by atoms with van der Waals surface area (Å²) in [6.45, 7) is 10.7. The molecule has 7 aromatic carbocycles. The third kappa shape index (κ3) is 4.25. The van der Waals surface area contributed by atoms with Crippen molar-refractivity contribution in [2.24, 2.45) is 0 Å². The van der Waals surface area contributed by atoms with E-state index < -0.39 is 0 Å². The molecule has 0 fully saturated rings. The summed E-state index contributed by atoms with van der Waals surface area (Å²) in [7, 11) is 0.